The van der Waals surface area contributed by atoms with Crippen LogP contribution in [0.2, 0.25) is 0 Å². The summed E-state index contributed by atoms with van der Waals surface area (Å²) in [6.07, 6.45) is -2.44. The van der Waals surface area contributed by atoms with E-state index < -0.39 is 11.7 Å². The molecule has 1 saturated heterocycles. The molecule has 0 N–H and O–H groups in total. The van der Waals surface area contributed by atoms with Crippen LogP contribution in [0, 0.1) is 6.92 Å². The molecule has 2 aromatic rings. The summed E-state index contributed by atoms with van der Waals surface area (Å²) >= 11 is 0. The molecule has 0 radical (unpaired) electrons. The average Bonchev–Trinajstić information content (AvgIpc) is 2.61. The van der Waals surface area contributed by atoms with E-state index in [0.29, 0.717) is 5.69 Å². The summed E-state index contributed by atoms with van der Waals surface area (Å²) in [7, 11) is 1.89. The second-order valence-electron chi connectivity index (χ2n) is 6.71. The van der Waals surface area contributed by atoms with Gasteiger partial charge in [-0.3, -0.25) is 0 Å². The largest absolute Gasteiger partial charge is 0.416 e. The van der Waals surface area contributed by atoms with Gasteiger partial charge in [0.05, 0.1) is 5.56 Å². The van der Waals surface area contributed by atoms with Gasteiger partial charge >= 0.3 is 6.18 Å². The second-order valence-corrected chi connectivity index (χ2v) is 6.71. The number of hydrogen-bond acceptors (Lipinski definition) is 2. The molecule has 25 heavy (non-hydrogen) atoms. The van der Waals surface area contributed by atoms with E-state index in [1.165, 1.54) is 23.4 Å². The highest BCUT2D eigenvalue weighted by molar-refractivity contribution is 5.51. The van der Waals surface area contributed by atoms with Crippen LogP contribution in [0.4, 0.5) is 24.5 Å². The molecular formula is C20H23F3N2. The molecule has 0 atom stereocenters. The summed E-state index contributed by atoms with van der Waals surface area (Å²) < 4.78 is 38.7. The summed E-state index contributed by atoms with van der Waals surface area (Å²) in [4.78, 5) is 4.33. The van der Waals surface area contributed by atoms with Crippen molar-refractivity contribution >= 4 is 11.4 Å². The van der Waals surface area contributed by atoms with Crippen molar-refractivity contribution in [3.05, 3.63) is 59.7 Å². The van der Waals surface area contributed by atoms with Gasteiger partial charge in [0.15, 0.2) is 0 Å². The van der Waals surface area contributed by atoms with Crippen molar-refractivity contribution in [3.8, 4) is 0 Å². The van der Waals surface area contributed by atoms with Crippen molar-refractivity contribution in [3.63, 3.8) is 0 Å². The first-order valence-corrected chi connectivity index (χ1v) is 8.56. The molecular weight excluding hydrogens is 325 g/mol. The zero-order valence-corrected chi connectivity index (χ0v) is 14.6. The average molecular weight is 348 g/mol. The quantitative estimate of drug-likeness (QED) is 0.760. The van der Waals surface area contributed by atoms with Crippen LogP contribution >= 0.6 is 0 Å². The van der Waals surface area contributed by atoms with Crippen LogP contribution in [0.25, 0.3) is 0 Å². The van der Waals surface area contributed by atoms with E-state index in [0.717, 1.165) is 32.0 Å². The molecule has 2 nitrogen and oxygen atoms in total. The van der Waals surface area contributed by atoms with Gasteiger partial charge in [-0.15, -0.1) is 0 Å². The molecule has 0 unspecified atom stereocenters. The lowest BCUT2D eigenvalue weighted by molar-refractivity contribution is -0.137. The van der Waals surface area contributed by atoms with Gasteiger partial charge in [0, 0.05) is 37.6 Å². The summed E-state index contributed by atoms with van der Waals surface area (Å²) in [6.45, 7) is 3.90. The fourth-order valence-electron chi connectivity index (χ4n) is 3.38. The number of aryl methyl sites for hydroxylation is 1. The molecule has 1 heterocycles. The molecule has 5 heteroatoms. The molecule has 134 valence electrons. The minimum atomic E-state index is -4.30. The summed E-state index contributed by atoms with van der Waals surface area (Å²) in [5, 5.41) is 0. The van der Waals surface area contributed by atoms with Gasteiger partial charge in [0.1, 0.15) is 0 Å². The maximum absolute atomic E-state index is 12.9. The molecule has 3 rings (SSSR count). The van der Waals surface area contributed by atoms with Crippen LogP contribution in [0.15, 0.2) is 48.5 Å². The fraction of sp³-hybridized carbons (Fsp3) is 0.400. The van der Waals surface area contributed by atoms with Gasteiger partial charge in [-0.25, -0.2) is 0 Å². The minimum Gasteiger partial charge on any atom is -0.371 e. The second kappa shape index (κ2) is 6.98. The van der Waals surface area contributed by atoms with E-state index in [1.54, 1.807) is 6.07 Å². The van der Waals surface area contributed by atoms with Crippen LogP contribution in [-0.2, 0) is 6.18 Å². The highest BCUT2D eigenvalue weighted by atomic mass is 19.4. The molecule has 1 fully saturated rings. The predicted molar refractivity (Wildman–Crippen MR) is 96.3 cm³/mol. The maximum Gasteiger partial charge on any atom is 0.416 e. The molecule has 0 saturated carbocycles. The first-order valence-electron chi connectivity index (χ1n) is 8.56. The van der Waals surface area contributed by atoms with E-state index >= 15 is 0 Å². The lowest BCUT2D eigenvalue weighted by Crippen LogP contribution is -2.43. The van der Waals surface area contributed by atoms with Crippen LogP contribution < -0.4 is 9.80 Å². The number of nitrogens with zero attached hydrogens (tertiary/aromatic N) is 2. The molecule has 0 bridgehead atoms. The van der Waals surface area contributed by atoms with Crippen molar-refractivity contribution in [1.82, 2.24) is 0 Å². The lowest BCUT2D eigenvalue weighted by Gasteiger charge is -2.39. The SMILES string of the molecule is Cc1ccc(N2CCC(N(C)c3cccc(C(F)(F)F)c3)CC2)cc1. The molecule has 1 aliphatic rings. The number of alkyl halides is 3. The number of piperidine rings is 1. The van der Waals surface area contributed by atoms with Gasteiger partial charge in [0.25, 0.3) is 0 Å². The predicted octanol–water partition coefficient (Wildman–Crippen LogP) is 5.12. The summed E-state index contributed by atoms with van der Waals surface area (Å²) in [5.41, 5.74) is 2.49. The van der Waals surface area contributed by atoms with Gasteiger partial charge in [0.2, 0.25) is 0 Å². The fourth-order valence-corrected chi connectivity index (χ4v) is 3.38. The van der Waals surface area contributed by atoms with E-state index in [-0.39, 0.29) is 6.04 Å². The van der Waals surface area contributed by atoms with Crippen LogP contribution in [0.1, 0.15) is 24.0 Å². The Kier molecular flexibility index (Phi) is 4.93. The van der Waals surface area contributed by atoms with Gasteiger partial charge in [-0.1, -0.05) is 23.8 Å². The third-order valence-corrected chi connectivity index (χ3v) is 4.99. The van der Waals surface area contributed by atoms with Crippen molar-refractivity contribution in [2.45, 2.75) is 32.0 Å². The Labute approximate surface area is 146 Å². The van der Waals surface area contributed by atoms with E-state index in [4.69, 9.17) is 0 Å². The summed E-state index contributed by atoms with van der Waals surface area (Å²) in [6, 6.07) is 14.3. The van der Waals surface area contributed by atoms with Crippen molar-refractivity contribution in [2.24, 2.45) is 0 Å². The lowest BCUT2D eigenvalue weighted by atomic mass is 10.0. The van der Waals surface area contributed by atoms with E-state index in [2.05, 4.69) is 36.1 Å². The number of benzene rings is 2. The minimum absolute atomic E-state index is 0.255. The highest BCUT2D eigenvalue weighted by Gasteiger charge is 2.31. The number of halogens is 3. The Morgan fingerprint density at radius 3 is 2.24 bits per heavy atom. The molecule has 0 aliphatic carbocycles. The van der Waals surface area contributed by atoms with Crippen molar-refractivity contribution in [2.75, 3.05) is 29.9 Å². The molecule has 2 aromatic carbocycles. The van der Waals surface area contributed by atoms with Crippen LogP contribution in [0.5, 0.6) is 0 Å². The summed E-state index contributed by atoms with van der Waals surface area (Å²) in [5.74, 6) is 0. The van der Waals surface area contributed by atoms with Gasteiger partial charge < -0.3 is 9.80 Å². The highest BCUT2D eigenvalue weighted by Crippen LogP contribution is 2.33. The Bertz CT molecular complexity index is 702. The smallest absolute Gasteiger partial charge is 0.371 e. The standard InChI is InChI=1S/C20H23F3N2/c1-15-6-8-18(9-7-15)25-12-10-17(11-13-25)24(2)19-5-3-4-16(14-19)20(21,22)23/h3-9,14,17H,10-13H2,1-2H3. The van der Waals surface area contributed by atoms with E-state index in [9.17, 15) is 13.2 Å². The first-order chi connectivity index (χ1) is 11.8. The Morgan fingerprint density at radius 2 is 1.64 bits per heavy atom. The zero-order valence-electron chi connectivity index (χ0n) is 14.6. The van der Waals surface area contributed by atoms with Crippen molar-refractivity contribution < 1.29 is 13.2 Å². The molecule has 0 aromatic heterocycles. The maximum atomic E-state index is 12.9. The Morgan fingerprint density at radius 1 is 1.00 bits per heavy atom. The Hall–Kier alpha value is -2.17. The first kappa shape index (κ1) is 17.6. The third kappa shape index (κ3) is 4.09. The van der Waals surface area contributed by atoms with Crippen LogP contribution in [-0.4, -0.2) is 26.2 Å². The van der Waals surface area contributed by atoms with E-state index in [1.807, 2.05) is 11.9 Å². The van der Waals surface area contributed by atoms with Crippen molar-refractivity contribution in [1.29, 1.82) is 0 Å². The Balaban J connectivity index is 1.65. The number of hydrogen-bond donors (Lipinski definition) is 0. The zero-order chi connectivity index (χ0) is 18.0. The van der Waals surface area contributed by atoms with Gasteiger partial charge in [-0.2, -0.15) is 13.2 Å². The molecule has 0 amide bonds. The number of anilines is 2. The molecule has 1 aliphatic heterocycles. The van der Waals surface area contributed by atoms with Crippen LogP contribution in [0.3, 0.4) is 0 Å². The number of rotatable bonds is 3. The molecule has 0 spiro atoms. The topological polar surface area (TPSA) is 6.48 Å². The third-order valence-electron chi connectivity index (χ3n) is 4.99. The van der Waals surface area contributed by atoms with Gasteiger partial charge in [-0.05, 0) is 50.1 Å². The normalized spacial score (nSPS) is 16.1. The monoisotopic (exact) mass is 348 g/mol.